The molecule has 0 spiro atoms. The summed E-state index contributed by atoms with van der Waals surface area (Å²) in [4.78, 5) is 3.68. The lowest BCUT2D eigenvalue weighted by molar-refractivity contribution is -0.255. The molecule has 8 heteroatoms. The molecule has 1 heterocycles. The number of aromatic nitrogens is 1. The Morgan fingerprint density at radius 1 is 1.08 bits per heavy atom. The van der Waals surface area contributed by atoms with E-state index in [1.165, 1.54) is 12.1 Å². The number of hydrogen-bond donors (Lipinski definition) is 0. The SMILES string of the molecule is CC(C)CC(F)(F)OCc1nc(-c2ccccc2)oc1C(F)(F)F. The van der Waals surface area contributed by atoms with Gasteiger partial charge in [0.1, 0.15) is 5.69 Å². The maximum Gasteiger partial charge on any atom is 0.451 e. The van der Waals surface area contributed by atoms with Gasteiger partial charge in [0, 0.05) is 12.0 Å². The molecule has 1 aromatic heterocycles. The Labute approximate surface area is 135 Å². The minimum Gasteiger partial charge on any atom is -0.431 e. The quantitative estimate of drug-likeness (QED) is 0.645. The van der Waals surface area contributed by atoms with E-state index in [9.17, 15) is 22.0 Å². The molecule has 132 valence electrons. The van der Waals surface area contributed by atoms with Crippen LogP contribution in [0.3, 0.4) is 0 Å². The van der Waals surface area contributed by atoms with E-state index >= 15 is 0 Å². The van der Waals surface area contributed by atoms with E-state index in [2.05, 4.69) is 9.72 Å². The fraction of sp³-hybridized carbons (Fsp3) is 0.438. The highest BCUT2D eigenvalue weighted by Gasteiger charge is 2.41. The zero-order valence-electron chi connectivity index (χ0n) is 13.0. The summed E-state index contributed by atoms with van der Waals surface area (Å²) < 4.78 is 75.3. The Bertz CT molecular complexity index is 665. The van der Waals surface area contributed by atoms with Crippen molar-refractivity contribution in [2.45, 2.75) is 39.2 Å². The molecule has 0 radical (unpaired) electrons. The van der Waals surface area contributed by atoms with Crippen molar-refractivity contribution in [1.29, 1.82) is 0 Å². The second-order valence-electron chi connectivity index (χ2n) is 5.68. The number of alkyl halides is 5. The van der Waals surface area contributed by atoms with Crippen LogP contribution in [-0.2, 0) is 17.5 Å². The third-order valence-corrected chi connectivity index (χ3v) is 3.04. The zero-order chi connectivity index (χ0) is 18.0. The molecule has 2 aromatic rings. The normalized spacial score (nSPS) is 12.8. The minimum absolute atomic E-state index is 0.297. The Hall–Kier alpha value is -1.96. The van der Waals surface area contributed by atoms with Gasteiger partial charge in [0.2, 0.25) is 11.7 Å². The monoisotopic (exact) mass is 349 g/mol. The molecule has 0 fully saturated rings. The molecule has 0 saturated carbocycles. The van der Waals surface area contributed by atoms with E-state index in [4.69, 9.17) is 4.42 Å². The second-order valence-corrected chi connectivity index (χ2v) is 5.68. The van der Waals surface area contributed by atoms with E-state index in [1.54, 1.807) is 32.0 Å². The third kappa shape index (κ3) is 4.77. The summed E-state index contributed by atoms with van der Waals surface area (Å²) >= 11 is 0. The van der Waals surface area contributed by atoms with Gasteiger partial charge in [0.05, 0.1) is 6.61 Å². The number of nitrogens with zero attached hydrogens (tertiary/aromatic N) is 1. The van der Waals surface area contributed by atoms with Crippen molar-refractivity contribution < 1.29 is 31.1 Å². The Balaban J connectivity index is 2.27. The Kier molecular flexibility index (Phi) is 5.27. The molecule has 0 N–H and O–H groups in total. The van der Waals surface area contributed by atoms with Gasteiger partial charge in [-0.3, -0.25) is 0 Å². The van der Waals surface area contributed by atoms with Crippen LogP contribution >= 0.6 is 0 Å². The van der Waals surface area contributed by atoms with Crippen molar-refractivity contribution in [2.24, 2.45) is 5.92 Å². The predicted octanol–water partition coefficient (Wildman–Crippen LogP) is 5.52. The van der Waals surface area contributed by atoms with E-state index in [-0.39, 0.29) is 11.8 Å². The smallest absolute Gasteiger partial charge is 0.431 e. The molecule has 0 unspecified atom stereocenters. The standard InChI is InChI=1S/C16H16F5NO2/c1-10(2)8-15(17,18)23-9-12-13(16(19,20)21)24-14(22-12)11-6-4-3-5-7-11/h3-7,10H,8-9H2,1-2H3. The molecule has 0 saturated heterocycles. The molecule has 2 rings (SSSR count). The highest BCUT2D eigenvalue weighted by molar-refractivity contribution is 5.53. The number of benzene rings is 1. The van der Waals surface area contributed by atoms with Gasteiger partial charge in [-0.15, -0.1) is 0 Å². The highest BCUT2D eigenvalue weighted by Crippen LogP contribution is 2.36. The first-order valence-corrected chi connectivity index (χ1v) is 7.22. The van der Waals surface area contributed by atoms with Crippen LogP contribution in [0.5, 0.6) is 0 Å². The van der Waals surface area contributed by atoms with Gasteiger partial charge in [0.25, 0.3) is 0 Å². The van der Waals surface area contributed by atoms with Crippen molar-refractivity contribution in [3.63, 3.8) is 0 Å². The average molecular weight is 349 g/mol. The van der Waals surface area contributed by atoms with Crippen LogP contribution in [0, 0.1) is 5.92 Å². The van der Waals surface area contributed by atoms with E-state index in [1.807, 2.05) is 0 Å². The maximum absolute atomic E-state index is 13.6. The first-order chi connectivity index (χ1) is 11.1. The zero-order valence-corrected chi connectivity index (χ0v) is 13.0. The maximum atomic E-state index is 13.6. The molecule has 0 bridgehead atoms. The first kappa shape index (κ1) is 18.4. The van der Waals surface area contributed by atoms with E-state index < -0.39 is 36.8 Å². The van der Waals surface area contributed by atoms with Gasteiger partial charge in [-0.25, -0.2) is 4.98 Å². The van der Waals surface area contributed by atoms with Crippen molar-refractivity contribution in [1.82, 2.24) is 4.98 Å². The molecule has 0 aliphatic carbocycles. The summed E-state index contributed by atoms with van der Waals surface area (Å²) in [7, 11) is 0. The molecule has 24 heavy (non-hydrogen) atoms. The first-order valence-electron chi connectivity index (χ1n) is 7.22. The second kappa shape index (κ2) is 6.88. The lowest BCUT2D eigenvalue weighted by atomic mass is 10.1. The Morgan fingerprint density at radius 3 is 2.25 bits per heavy atom. The topological polar surface area (TPSA) is 35.3 Å². The van der Waals surface area contributed by atoms with Crippen molar-refractivity contribution in [3.8, 4) is 11.5 Å². The number of hydrogen-bond acceptors (Lipinski definition) is 3. The number of ether oxygens (including phenoxy) is 1. The molecule has 0 atom stereocenters. The minimum atomic E-state index is -4.86. The molecule has 0 amide bonds. The summed E-state index contributed by atoms with van der Waals surface area (Å²) in [6.07, 6.45) is -8.99. The van der Waals surface area contributed by atoms with Gasteiger partial charge < -0.3 is 9.15 Å². The highest BCUT2D eigenvalue weighted by atomic mass is 19.4. The van der Waals surface area contributed by atoms with Gasteiger partial charge in [-0.05, 0) is 18.1 Å². The number of rotatable bonds is 6. The predicted molar refractivity (Wildman–Crippen MR) is 76.1 cm³/mol. The molecular formula is C16H16F5NO2. The summed E-state index contributed by atoms with van der Waals surface area (Å²) in [6, 6.07) is 7.88. The number of oxazole rings is 1. The molecular weight excluding hydrogens is 333 g/mol. The van der Waals surface area contributed by atoms with Crippen molar-refractivity contribution >= 4 is 0 Å². The lowest BCUT2D eigenvalue weighted by Crippen LogP contribution is -2.23. The summed E-state index contributed by atoms with van der Waals surface area (Å²) in [5.41, 5.74) is -0.395. The third-order valence-electron chi connectivity index (χ3n) is 3.04. The molecule has 1 aromatic carbocycles. The summed E-state index contributed by atoms with van der Waals surface area (Å²) in [6.45, 7) is 2.12. The van der Waals surface area contributed by atoms with Crippen LogP contribution in [0.15, 0.2) is 34.7 Å². The van der Waals surface area contributed by atoms with Crippen LogP contribution in [-0.4, -0.2) is 11.1 Å². The summed E-state index contributed by atoms with van der Waals surface area (Å²) in [5.74, 6) is -2.10. The fourth-order valence-corrected chi connectivity index (χ4v) is 2.08. The van der Waals surface area contributed by atoms with Crippen LogP contribution < -0.4 is 0 Å². The van der Waals surface area contributed by atoms with Crippen LogP contribution in [0.25, 0.3) is 11.5 Å². The van der Waals surface area contributed by atoms with Crippen LogP contribution in [0.2, 0.25) is 0 Å². The molecule has 0 aliphatic rings. The van der Waals surface area contributed by atoms with Crippen molar-refractivity contribution in [3.05, 3.63) is 41.8 Å². The number of halogens is 5. The lowest BCUT2D eigenvalue weighted by Gasteiger charge is -2.18. The summed E-state index contributed by atoms with van der Waals surface area (Å²) in [5, 5.41) is 0. The van der Waals surface area contributed by atoms with Crippen LogP contribution in [0.4, 0.5) is 22.0 Å². The van der Waals surface area contributed by atoms with Crippen molar-refractivity contribution in [2.75, 3.05) is 0 Å². The largest absolute Gasteiger partial charge is 0.451 e. The molecule has 0 aliphatic heterocycles. The Morgan fingerprint density at radius 2 is 1.71 bits per heavy atom. The van der Waals surface area contributed by atoms with E-state index in [0.29, 0.717) is 5.56 Å². The van der Waals surface area contributed by atoms with E-state index in [0.717, 1.165) is 0 Å². The van der Waals surface area contributed by atoms with Gasteiger partial charge in [0.15, 0.2) is 0 Å². The average Bonchev–Trinajstić information content (AvgIpc) is 2.89. The van der Waals surface area contributed by atoms with Gasteiger partial charge in [-0.1, -0.05) is 32.0 Å². The van der Waals surface area contributed by atoms with Crippen LogP contribution in [0.1, 0.15) is 31.7 Å². The fourth-order valence-electron chi connectivity index (χ4n) is 2.08. The molecule has 3 nitrogen and oxygen atoms in total. The van der Waals surface area contributed by atoms with Gasteiger partial charge in [-0.2, -0.15) is 22.0 Å². The van der Waals surface area contributed by atoms with Gasteiger partial charge >= 0.3 is 12.3 Å².